The highest BCUT2D eigenvalue weighted by Crippen LogP contribution is 2.21. The summed E-state index contributed by atoms with van der Waals surface area (Å²) in [5.74, 6) is -0.501. The first-order valence-electron chi connectivity index (χ1n) is 8.49. The molecule has 2 unspecified atom stereocenters. The van der Waals surface area contributed by atoms with E-state index < -0.39 is 24.1 Å². The van der Waals surface area contributed by atoms with Gasteiger partial charge in [-0.3, -0.25) is 4.79 Å². The molecule has 0 amide bonds. The molecule has 0 aromatic heterocycles. The lowest BCUT2D eigenvalue weighted by molar-refractivity contribution is -0.149. The zero-order valence-corrected chi connectivity index (χ0v) is 13.8. The minimum Gasteiger partial charge on any atom is -0.393 e. The number of carbonyl (C=O) groups is 1. The first kappa shape index (κ1) is 20.6. The number of hydrogen-bond donors (Lipinski definition) is 3. The molecule has 0 radical (unpaired) electrons. The summed E-state index contributed by atoms with van der Waals surface area (Å²) in [5.41, 5.74) is -1.67. The fraction of sp³-hybridized carbons (Fsp3) is 0.941. The van der Waals surface area contributed by atoms with E-state index in [0.717, 1.165) is 19.3 Å². The highest BCUT2D eigenvalue weighted by molar-refractivity contribution is 5.81. The maximum Gasteiger partial charge on any atom is 0.161 e. The van der Waals surface area contributed by atoms with Gasteiger partial charge in [-0.1, -0.05) is 71.1 Å². The molecule has 0 aliphatic rings. The SMILES string of the molecule is CCCCCCCCCCCCC(O)(CO)C(O)C(C)=O. The smallest absolute Gasteiger partial charge is 0.161 e. The van der Waals surface area contributed by atoms with E-state index in [1.807, 2.05) is 0 Å². The maximum atomic E-state index is 11.1. The van der Waals surface area contributed by atoms with Crippen molar-refractivity contribution in [3.8, 4) is 0 Å². The van der Waals surface area contributed by atoms with Crippen LogP contribution in [0.25, 0.3) is 0 Å². The molecule has 4 heteroatoms. The predicted molar refractivity (Wildman–Crippen MR) is 85.2 cm³/mol. The lowest BCUT2D eigenvalue weighted by Gasteiger charge is -2.29. The molecule has 0 saturated carbocycles. The Balaban J connectivity index is 3.62. The summed E-state index contributed by atoms with van der Waals surface area (Å²) in [6.45, 7) is 2.87. The van der Waals surface area contributed by atoms with Gasteiger partial charge < -0.3 is 15.3 Å². The maximum absolute atomic E-state index is 11.1. The molecular formula is C17H34O4. The molecule has 0 aromatic carbocycles. The van der Waals surface area contributed by atoms with Crippen molar-refractivity contribution in [3.05, 3.63) is 0 Å². The second-order valence-corrected chi connectivity index (χ2v) is 6.21. The first-order valence-corrected chi connectivity index (χ1v) is 8.49. The van der Waals surface area contributed by atoms with Crippen molar-refractivity contribution >= 4 is 5.78 Å². The van der Waals surface area contributed by atoms with Crippen LogP contribution in [-0.4, -0.2) is 39.4 Å². The van der Waals surface area contributed by atoms with E-state index in [2.05, 4.69) is 6.92 Å². The summed E-state index contributed by atoms with van der Waals surface area (Å²) in [6, 6.07) is 0. The molecule has 3 N–H and O–H groups in total. The molecule has 0 heterocycles. The van der Waals surface area contributed by atoms with Crippen molar-refractivity contribution in [3.63, 3.8) is 0 Å². The van der Waals surface area contributed by atoms with Gasteiger partial charge in [-0.25, -0.2) is 0 Å². The van der Waals surface area contributed by atoms with Gasteiger partial charge in [0.15, 0.2) is 5.78 Å². The fourth-order valence-electron chi connectivity index (χ4n) is 2.60. The zero-order chi connectivity index (χ0) is 16.1. The van der Waals surface area contributed by atoms with Crippen molar-refractivity contribution in [1.82, 2.24) is 0 Å². The molecular weight excluding hydrogens is 268 g/mol. The molecule has 21 heavy (non-hydrogen) atoms. The minimum absolute atomic E-state index is 0.265. The Hall–Kier alpha value is -0.450. The lowest BCUT2D eigenvalue weighted by atomic mass is 9.89. The monoisotopic (exact) mass is 302 g/mol. The highest BCUT2D eigenvalue weighted by atomic mass is 16.4. The molecule has 126 valence electrons. The van der Waals surface area contributed by atoms with E-state index in [4.69, 9.17) is 0 Å². The van der Waals surface area contributed by atoms with Crippen LogP contribution in [0.1, 0.15) is 84.5 Å². The minimum atomic E-state index is -1.67. The van der Waals surface area contributed by atoms with Crippen LogP contribution in [-0.2, 0) is 4.79 Å². The van der Waals surface area contributed by atoms with Gasteiger partial charge in [-0.2, -0.15) is 0 Å². The van der Waals surface area contributed by atoms with Crippen molar-refractivity contribution in [2.45, 2.75) is 96.2 Å². The van der Waals surface area contributed by atoms with E-state index in [1.165, 1.54) is 51.9 Å². The topological polar surface area (TPSA) is 77.8 Å². The third kappa shape index (κ3) is 9.22. The third-order valence-corrected chi connectivity index (χ3v) is 4.13. The van der Waals surface area contributed by atoms with E-state index in [-0.39, 0.29) is 6.42 Å². The summed E-state index contributed by atoms with van der Waals surface area (Å²) < 4.78 is 0. The number of rotatable bonds is 14. The van der Waals surface area contributed by atoms with E-state index >= 15 is 0 Å². The molecule has 4 nitrogen and oxygen atoms in total. The van der Waals surface area contributed by atoms with Gasteiger partial charge in [-0.05, 0) is 13.3 Å². The highest BCUT2D eigenvalue weighted by Gasteiger charge is 2.37. The molecule has 0 saturated heterocycles. The number of aliphatic hydroxyl groups is 3. The van der Waals surface area contributed by atoms with Crippen LogP contribution >= 0.6 is 0 Å². The Morgan fingerprint density at radius 1 is 0.952 bits per heavy atom. The van der Waals surface area contributed by atoms with Crippen LogP contribution < -0.4 is 0 Å². The number of unbranched alkanes of at least 4 members (excludes halogenated alkanes) is 9. The van der Waals surface area contributed by atoms with Crippen LogP contribution in [0.3, 0.4) is 0 Å². The van der Waals surface area contributed by atoms with E-state index in [0.29, 0.717) is 0 Å². The second kappa shape index (κ2) is 12.1. The summed E-state index contributed by atoms with van der Waals surface area (Å²) in [6.07, 6.45) is 10.6. The summed E-state index contributed by atoms with van der Waals surface area (Å²) >= 11 is 0. The fourth-order valence-corrected chi connectivity index (χ4v) is 2.60. The van der Waals surface area contributed by atoms with E-state index in [9.17, 15) is 20.1 Å². The summed E-state index contributed by atoms with van der Waals surface area (Å²) in [5, 5.41) is 28.9. The number of Topliss-reactive ketones (excluding diaryl/α,β-unsaturated/α-hetero) is 1. The third-order valence-electron chi connectivity index (χ3n) is 4.13. The van der Waals surface area contributed by atoms with Gasteiger partial charge >= 0.3 is 0 Å². The first-order chi connectivity index (χ1) is 9.98. The summed E-state index contributed by atoms with van der Waals surface area (Å²) in [4.78, 5) is 11.1. The Labute approximate surface area is 129 Å². The number of aliphatic hydroxyl groups excluding tert-OH is 2. The molecule has 0 fully saturated rings. The van der Waals surface area contributed by atoms with Crippen molar-refractivity contribution in [1.29, 1.82) is 0 Å². The van der Waals surface area contributed by atoms with Crippen LogP contribution in [0.4, 0.5) is 0 Å². The van der Waals surface area contributed by atoms with Crippen molar-refractivity contribution in [2.24, 2.45) is 0 Å². The molecule has 0 bridgehead atoms. The second-order valence-electron chi connectivity index (χ2n) is 6.21. The Bertz CT molecular complexity index is 268. The van der Waals surface area contributed by atoms with Crippen LogP contribution in [0.15, 0.2) is 0 Å². The number of hydrogen-bond acceptors (Lipinski definition) is 4. The zero-order valence-electron chi connectivity index (χ0n) is 13.8. The average molecular weight is 302 g/mol. The van der Waals surface area contributed by atoms with Crippen molar-refractivity contribution in [2.75, 3.05) is 6.61 Å². The van der Waals surface area contributed by atoms with Gasteiger partial charge in [0.1, 0.15) is 11.7 Å². The molecule has 0 rings (SSSR count). The molecule has 0 spiro atoms. The van der Waals surface area contributed by atoms with Gasteiger partial charge in [0.05, 0.1) is 6.61 Å². The Morgan fingerprint density at radius 2 is 1.38 bits per heavy atom. The molecule has 0 aliphatic heterocycles. The largest absolute Gasteiger partial charge is 0.393 e. The summed E-state index contributed by atoms with van der Waals surface area (Å²) in [7, 11) is 0. The molecule has 0 aliphatic carbocycles. The predicted octanol–water partition coefficient (Wildman–Crippen LogP) is 2.97. The van der Waals surface area contributed by atoms with Crippen LogP contribution in [0, 0.1) is 0 Å². The Kier molecular flexibility index (Phi) is 11.9. The standard InChI is InChI=1S/C17H34O4/c1-3-4-5-6-7-8-9-10-11-12-13-17(21,14-18)16(20)15(2)19/h16,18,20-21H,3-14H2,1-2H3. The van der Waals surface area contributed by atoms with Crippen LogP contribution in [0.5, 0.6) is 0 Å². The van der Waals surface area contributed by atoms with E-state index in [1.54, 1.807) is 0 Å². The molecule has 2 atom stereocenters. The van der Waals surface area contributed by atoms with Gasteiger partial charge in [0.25, 0.3) is 0 Å². The normalized spacial score (nSPS) is 15.7. The van der Waals surface area contributed by atoms with Gasteiger partial charge in [0, 0.05) is 0 Å². The van der Waals surface area contributed by atoms with Gasteiger partial charge in [-0.15, -0.1) is 0 Å². The van der Waals surface area contributed by atoms with Crippen LogP contribution in [0.2, 0.25) is 0 Å². The van der Waals surface area contributed by atoms with Gasteiger partial charge in [0.2, 0.25) is 0 Å². The number of carbonyl (C=O) groups excluding carboxylic acids is 1. The lowest BCUT2D eigenvalue weighted by Crippen LogP contribution is -2.49. The quantitative estimate of drug-likeness (QED) is 0.431. The number of ketones is 1. The molecule has 0 aromatic rings. The Morgan fingerprint density at radius 3 is 1.76 bits per heavy atom. The average Bonchev–Trinajstić information content (AvgIpc) is 2.48. The van der Waals surface area contributed by atoms with Crippen molar-refractivity contribution < 1.29 is 20.1 Å².